The molecule has 1 saturated heterocycles. The van der Waals surface area contributed by atoms with Gasteiger partial charge >= 0.3 is 0 Å². The summed E-state index contributed by atoms with van der Waals surface area (Å²) in [6.07, 6.45) is 5.55. The summed E-state index contributed by atoms with van der Waals surface area (Å²) >= 11 is 0. The molecule has 1 heterocycles. The number of carbonyl (C=O) groups is 1. The van der Waals surface area contributed by atoms with Gasteiger partial charge in [0.15, 0.2) is 0 Å². The zero-order valence-corrected chi connectivity index (χ0v) is 10.7. The Morgan fingerprint density at radius 1 is 1.29 bits per heavy atom. The topological polar surface area (TPSA) is 66.6 Å². The van der Waals surface area contributed by atoms with Crippen molar-refractivity contribution >= 4 is 5.91 Å². The van der Waals surface area contributed by atoms with Crippen LogP contribution in [-0.4, -0.2) is 40.6 Å². The average Bonchev–Trinajstić information content (AvgIpc) is 2.29. The van der Waals surface area contributed by atoms with Crippen molar-refractivity contribution < 1.29 is 9.90 Å². The van der Waals surface area contributed by atoms with Crippen molar-refractivity contribution in [3.8, 4) is 0 Å². The minimum atomic E-state index is -0.592. The summed E-state index contributed by atoms with van der Waals surface area (Å²) < 4.78 is 0. The van der Waals surface area contributed by atoms with Gasteiger partial charge in [0, 0.05) is 19.1 Å². The summed E-state index contributed by atoms with van der Waals surface area (Å²) in [4.78, 5) is 14.2. The summed E-state index contributed by atoms with van der Waals surface area (Å²) in [6, 6.07) is 0.0405. The van der Waals surface area contributed by atoms with E-state index in [-0.39, 0.29) is 17.9 Å². The van der Waals surface area contributed by atoms with Crippen molar-refractivity contribution in [1.82, 2.24) is 4.90 Å². The number of nitrogens with two attached hydrogens (primary N) is 1. The van der Waals surface area contributed by atoms with E-state index in [4.69, 9.17) is 5.73 Å². The first-order valence-electron chi connectivity index (χ1n) is 6.76. The molecule has 1 saturated carbocycles. The normalized spacial score (nSPS) is 33.5. The first-order chi connectivity index (χ1) is 7.99. The lowest BCUT2D eigenvalue weighted by molar-refractivity contribution is -0.140. The van der Waals surface area contributed by atoms with Crippen LogP contribution in [0.15, 0.2) is 0 Å². The van der Waals surface area contributed by atoms with Crippen molar-refractivity contribution in [3.63, 3.8) is 0 Å². The van der Waals surface area contributed by atoms with Gasteiger partial charge in [-0.3, -0.25) is 4.79 Å². The lowest BCUT2D eigenvalue weighted by Gasteiger charge is -2.39. The number of amides is 1. The Labute approximate surface area is 103 Å². The third-order valence-electron chi connectivity index (χ3n) is 4.29. The quantitative estimate of drug-likeness (QED) is 0.715. The molecule has 98 valence electrons. The Morgan fingerprint density at radius 2 is 1.88 bits per heavy atom. The SMILES string of the molecule is CC1(O)CCN(C(=O)C2CCCCC2N)CC1. The second kappa shape index (κ2) is 4.94. The Kier molecular flexibility index (Phi) is 3.73. The van der Waals surface area contributed by atoms with Crippen LogP contribution in [-0.2, 0) is 4.79 Å². The molecule has 4 heteroatoms. The van der Waals surface area contributed by atoms with Crippen LogP contribution in [0.2, 0.25) is 0 Å². The number of likely N-dealkylation sites (tertiary alicyclic amines) is 1. The molecule has 0 aromatic carbocycles. The van der Waals surface area contributed by atoms with Gasteiger partial charge in [-0.2, -0.15) is 0 Å². The number of carbonyl (C=O) groups excluding carboxylic acids is 1. The zero-order valence-electron chi connectivity index (χ0n) is 10.7. The highest BCUT2D eigenvalue weighted by molar-refractivity contribution is 5.79. The molecule has 0 radical (unpaired) electrons. The average molecular weight is 240 g/mol. The van der Waals surface area contributed by atoms with Crippen LogP contribution in [0, 0.1) is 5.92 Å². The van der Waals surface area contributed by atoms with E-state index in [1.54, 1.807) is 0 Å². The molecular weight excluding hydrogens is 216 g/mol. The van der Waals surface area contributed by atoms with Crippen LogP contribution >= 0.6 is 0 Å². The van der Waals surface area contributed by atoms with E-state index in [1.807, 2.05) is 11.8 Å². The third-order valence-corrected chi connectivity index (χ3v) is 4.29. The molecule has 0 aromatic rings. The van der Waals surface area contributed by atoms with E-state index in [1.165, 1.54) is 0 Å². The fourth-order valence-electron chi connectivity index (χ4n) is 2.91. The highest BCUT2D eigenvalue weighted by Crippen LogP contribution is 2.28. The summed E-state index contributed by atoms with van der Waals surface area (Å²) in [6.45, 7) is 3.20. The van der Waals surface area contributed by atoms with E-state index in [0.29, 0.717) is 25.9 Å². The van der Waals surface area contributed by atoms with Crippen LogP contribution in [0.4, 0.5) is 0 Å². The van der Waals surface area contributed by atoms with Gasteiger partial charge in [-0.1, -0.05) is 12.8 Å². The largest absolute Gasteiger partial charge is 0.390 e. The molecular formula is C13H24N2O2. The minimum absolute atomic E-state index is 0.0202. The monoisotopic (exact) mass is 240 g/mol. The van der Waals surface area contributed by atoms with Crippen LogP contribution in [0.25, 0.3) is 0 Å². The minimum Gasteiger partial charge on any atom is -0.390 e. The molecule has 2 aliphatic rings. The van der Waals surface area contributed by atoms with Gasteiger partial charge in [-0.25, -0.2) is 0 Å². The number of hydrogen-bond acceptors (Lipinski definition) is 3. The second-order valence-electron chi connectivity index (χ2n) is 5.88. The van der Waals surface area contributed by atoms with Gasteiger partial charge in [0.1, 0.15) is 0 Å². The van der Waals surface area contributed by atoms with E-state index in [2.05, 4.69) is 0 Å². The molecule has 2 fully saturated rings. The number of hydrogen-bond donors (Lipinski definition) is 2. The molecule has 0 spiro atoms. The molecule has 2 atom stereocenters. The summed E-state index contributed by atoms with van der Waals surface area (Å²) in [7, 11) is 0. The van der Waals surface area contributed by atoms with Gasteiger partial charge in [-0.05, 0) is 32.6 Å². The highest BCUT2D eigenvalue weighted by atomic mass is 16.3. The number of aliphatic hydroxyl groups is 1. The lowest BCUT2D eigenvalue weighted by Crippen LogP contribution is -2.50. The van der Waals surface area contributed by atoms with Gasteiger partial charge < -0.3 is 15.7 Å². The van der Waals surface area contributed by atoms with Crippen LogP contribution in [0.5, 0.6) is 0 Å². The first kappa shape index (κ1) is 12.8. The molecule has 2 unspecified atom stereocenters. The van der Waals surface area contributed by atoms with Crippen LogP contribution < -0.4 is 5.73 Å². The molecule has 0 aromatic heterocycles. The van der Waals surface area contributed by atoms with Crippen molar-refractivity contribution in [1.29, 1.82) is 0 Å². The van der Waals surface area contributed by atoms with Crippen molar-refractivity contribution in [3.05, 3.63) is 0 Å². The smallest absolute Gasteiger partial charge is 0.227 e. The molecule has 0 bridgehead atoms. The molecule has 17 heavy (non-hydrogen) atoms. The zero-order chi connectivity index (χ0) is 12.5. The lowest BCUT2D eigenvalue weighted by atomic mass is 9.83. The van der Waals surface area contributed by atoms with Gasteiger partial charge in [-0.15, -0.1) is 0 Å². The Balaban J connectivity index is 1.92. The molecule has 1 aliphatic heterocycles. The number of nitrogens with zero attached hydrogens (tertiary/aromatic N) is 1. The maximum absolute atomic E-state index is 12.3. The third kappa shape index (κ3) is 2.99. The Morgan fingerprint density at radius 3 is 2.47 bits per heavy atom. The van der Waals surface area contributed by atoms with Crippen molar-refractivity contribution in [2.75, 3.05) is 13.1 Å². The van der Waals surface area contributed by atoms with Crippen LogP contribution in [0.1, 0.15) is 45.4 Å². The van der Waals surface area contributed by atoms with Crippen molar-refractivity contribution in [2.24, 2.45) is 11.7 Å². The van der Waals surface area contributed by atoms with E-state index in [0.717, 1.165) is 25.7 Å². The van der Waals surface area contributed by atoms with Gasteiger partial charge in [0.05, 0.1) is 11.5 Å². The molecule has 2 rings (SSSR count). The predicted molar refractivity (Wildman–Crippen MR) is 66.4 cm³/mol. The van der Waals surface area contributed by atoms with Crippen molar-refractivity contribution in [2.45, 2.75) is 57.1 Å². The second-order valence-corrected chi connectivity index (χ2v) is 5.88. The number of piperidine rings is 1. The molecule has 1 aliphatic carbocycles. The maximum Gasteiger partial charge on any atom is 0.227 e. The summed E-state index contributed by atoms with van der Waals surface area (Å²) in [5.74, 6) is 0.236. The van der Waals surface area contributed by atoms with Crippen LogP contribution in [0.3, 0.4) is 0 Å². The molecule has 3 N–H and O–H groups in total. The Bertz CT molecular complexity index is 281. The summed E-state index contributed by atoms with van der Waals surface area (Å²) in [5.41, 5.74) is 5.45. The first-order valence-corrected chi connectivity index (χ1v) is 6.76. The molecule has 4 nitrogen and oxygen atoms in total. The maximum atomic E-state index is 12.3. The predicted octanol–water partition coefficient (Wildman–Crippen LogP) is 0.877. The van der Waals surface area contributed by atoms with Gasteiger partial charge in [0.25, 0.3) is 0 Å². The molecule has 1 amide bonds. The highest BCUT2D eigenvalue weighted by Gasteiger charge is 2.35. The standard InChI is InChI=1S/C13H24N2O2/c1-13(17)6-8-15(9-7-13)12(16)10-4-2-3-5-11(10)14/h10-11,17H,2-9,14H2,1H3. The van der Waals surface area contributed by atoms with E-state index < -0.39 is 5.60 Å². The number of rotatable bonds is 1. The fourth-order valence-corrected chi connectivity index (χ4v) is 2.91. The summed E-state index contributed by atoms with van der Waals surface area (Å²) in [5, 5.41) is 9.87. The van der Waals surface area contributed by atoms with E-state index in [9.17, 15) is 9.90 Å². The Hall–Kier alpha value is -0.610. The van der Waals surface area contributed by atoms with E-state index >= 15 is 0 Å². The fraction of sp³-hybridized carbons (Fsp3) is 0.923. The van der Waals surface area contributed by atoms with Gasteiger partial charge in [0.2, 0.25) is 5.91 Å².